The number of aldehydes is 1. The largest absolute Gasteiger partial charge is 0.508 e. The number of hydrogen-bond donors (Lipinski definition) is 1. The molecule has 3 unspecified atom stereocenters. The van der Waals surface area contributed by atoms with E-state index in [4.69, 9.17) is 0 Å². The number of benzene rings is 2. The highest BCUT2D eigenvalue weighted by Crippen LogP contribution is 2.40. The molecule has 1 heterocycles. The third kappa shape index (κ3) is 4.16. The third-order valence-corrected chi connectivity index (χ3v) is 6.10. The zero-order chi connectivity index (χ0) is 18.6. The van der Waals surface area contributed by atoms with Crippen LogP contribution < -0.4 is 0 Å². The molecule has 0 aromatic heterocycles. The predicted molar refractivity (Wildman–Crippen MR) is 105 cm³/mol. The summed E-state index contributed by atoms with van der Waals surface area (Å²) in [6.07, 6.45) is 2.95. The van der Waals surface area contributed by atoms with Gasteiger partial charge in [0.15, 0.2) is 0 Å². The molecule has 0 saturated carbocycles. The number of likely N-dealkylation sites (tertiary alicyclic amines) is 1. The number of rotatable bonds is 6. The number of piperidine rings is 1. The molecule has 1 fully saturated rings. The molecule has 3 nitrogen and oxygen atoms in total. The average molecular weight is 351 g/mol. The van der Waals surface area contributed by atoms with Gasteiger partial charge in [-0.3, -0.25) is 0 Å². The Balaban J connectivity index is 1.63. The average Bonchev–Trinajstić information content (AvgIpc) is 2.65. The van der Waals surface area contributed by atoms with Gasteiger partial charge in [-0.2, -0.15) is 0 Å². The molecule has 1 aliphatic rings. The van der Waals surface area contributed by atoms with Crippen LogP contribution in [0.1, 0.15) is 31.4 Å². The Morgan fingerprint density at radius 3 is 2.65 bits per heavy atom. The van der Waals surface area contributed by atoms with Crippen molar-refractivity contribution < 1.29 is 9.90 Å². The lowest BCUT2D eigenvalue weighted by Gasteiger charge is -2.45. The molecule has 0 bridgehead atoms. The summed E-state index contributed by atoms with van der Waals surface area (Å²) in [7, 11) is 0. The van der Waals surface area contributed by atoms with E-state index >= 15 is 0 Å². The number of carbonyl (C=O) groups excluding carboxylic acids is 1. The van der Waals surface area contributed by atoms with Crippen molar-refractivity contribution in [3.05, 3.63) is 65.7 Å². The fraction of sp³-hybridized carbons (Fsp3) is 0.435. The molecule has 3 rings (SSSR count). The summed E-state index contributed by atoms with van der Waals surface area (Å²) in [5.74, 6) is 0.832. The van der Waals surface area contributed by atoms with Crippen LogP contribution in [0.25, 0.3) is 0 Å². The standard InChI is InChI=1S/C23H29NO2/c1-18-15-24(16-20(17-25)13-19-7-4-3-5-8-19)12-11-23(18,2)21-9-6-10-22(26)14-21/h3-10,14,17-18,20,26H,11-13,15-16H2,1-2H3. The van der Waals surface area contributed by atoms with Gasteiger partial charge in [-0.05, 0) is 54.0 Å². The molecule has 0 aliphatic carbocycles. The van der Waals surface area contributed by atoms with Crippen LogP contribution in [0.3, 0.4) is 0 Å². The van der Waals surface area contributed by atoms with Crippen molar-refractivity contribution in [1.82, 2.24) is 4.90 Å². The van der Waals surface area contributed by atoms with Crippen LogP contribution >= 0.6 is 0 Å². The Morgan fingerprint density at radius 1 is 1.23 bits per heavy atom. The molecule has 0 amide bonds. The fourth-order valence-electron chi connectivity index (χ4n) is 4.18. The Hall–Kier alpha value is -2.13. The minimum absolute atomic E-state index is 0.0368. The Kier molecular flexibility index (Phi) is 5.77. The zero-order valence-electron chi connectivity index (χ0n) is 15.8. The SMILES string of the molecule is CC1CN(CC(C=O)Cc2ccccc2)CCC1(C)c1cccc(O)c1. The fourth-order valence-corrected chi connectivity index (χ4v) is 4.18. The zero-order valence-corrected chi connectivity index (χ0v) is 15.8. The van der Waals surface area contributed by atoms with Crippen LogP contribution in [0.5, 0.6) is 5.75 Å². The number of nitrogens with zero attached hydrogens (tertiary/aromatic N) is 1. The number of phenolic OH excluding ortho intramolecular Hbond substituents is 1. The first kappa shape index (κ1) is 18.7. The highest BCUT2D eigenvalue weighted by molar-refractivity contribution is 5.54. The van der Waals surface area contributed by atoms with Crippen LogP contribution in [0.2, 0.25) is 0 Å². The van der Waals surface area contributed by atoms with E-state index in [0.29, 0.717) is 11.7 Å². The second-order valence-corrected chi connectivity index (χ2v) is 7.96. The Labute approximate surface area is 156 Å². The van der Waals surface area contributed by atoms with E-state index in [1.807, 2.05) is 30.3 Å². The van der Waals surface area contributed by atoms with Gasteiger partial charge in [-0.1, -0.05) is 56.3 Å². The van der Waals surface area contributed by atoms with Gasteiger partial charge in [0.25, 0.3) is 0 Å². The normalized spacial score (nSPS) is 24.9. The van der Waals surface area contributed by atoms with E-state index in [1.54, 1.807) is 6.07 Å². The van der Waals surface area contributed by atoms with Gasteiger partial charge in [0, 0.05) is 19.0 Å². The van der Waals surface area contributed by atoms with Crippen molar-refractivity contribution in [1.29, 1.82) is 0 Å². The topological polar surface area (TPSA) is 40.5 Å². The summed E-state index contributed by atoms with van der Waals surface area (Å²) < 4.78 is 0. The van der Waals surface area contributed by atoms with Gasteiger partial charge in [-0.25, -0.2) is 0 Å². The summed E-state index contributed by atoms with van der Waals surface area (Å²) in [6, 6.07) is 17.9. The molecule has 0 radical (unpaired) electrons. The lowest BCUT2D eigenvalue weighted by molar-refractivity contribution is -0.111. The van der Waals surface area contributed by atoms with Crippen molar-refractivity contribution in [2.45, 2.75) is 32.1 Å². The first-order chi connectivity index (χ1) is 12.5. The van der Waals surface area contributed by atoms with Crippen molar-refractivity contribution in [2.24, 2.45) is 11.8 Å². The summed E-state index contributed by atoms with van der Waals surface area (Å²) in [5.41, 5.74) is 2.49. The van der Waals surface area contributed by atoms with E-state index in [1.165, 1.54) is 11.1 Å². The molecule has 138 valence electrons. The highest BCUT2D eigenvalue weighted by Gasteiger charge is 2.38. The molecular formula is C23H29NO2. The van der Waals surface area contributed by atoms with Crippen molar-refractivity contribution in [3.63, 3.8) is 0 Å². The molecule has 26 heavy (non-hydrogen) atoms. The van der Waals surface area contributed by atoms with E-state index in [9.17, 15) is 9.90 Å². The van der Waals surface area contributed by atoms with Crippen LogP contribution in [0.4, 0.5) is 0 Å². The van der Waals surface area contributed by atoms with E-state index in [0.717, 1.165) is 38.8 Å². The maximum Gasteiger partial charge on any atom is 0.124 e. The van der Waals surface area contributed by atoms with Crippen molar-refractivity contribution in [2.75, 3.05) is 19.6 Å². The Bertz CT molecular complexity index is 730. The van der Waals surface area contributed by atoms with Gasteiger partial charge in [0.05, 0.1) is 0 Å². The smallest absolute Gasteiger partial charge is 0.124 e. The molecule has 2 aromatic rings. The molecule has 2 aromatic carbocycles. The summed E-state index contributed by atoms with van der Waals surface area (Å²) >= 11 is 0. The molecule has 1 saturated heterocycles. The second kappa shape index (κ2) is 8.05. The van der Waals surface area contributed by atoms with E-state index in [2.05, 4.69) is 36.9 Å². The number of aromatic hydroxyl groups is 1. The van der Waals surface area contributed by atoms with Crippen LogP contribution in [0.15, 0.2) is 54.6 Å². The van der Waals surface area contributed by atoms with Crippen LogP contribution in [-0.4, -0.2) is 35.9 Å². The molecule has 0 spiro atoms. The number of phenols is 1. The summed E-state index contributed by atoms with van der Waals surface area (Å²) in [5, 5.41) is 9.84. The van der Waals surface area contributed by atoms with Crippen LogP contribution in [0, 0.1) is 11.8 Å². The maximum absolute atomic E-state index is 11.6. The minimum Gasteiger partial charge on any atom is -0.508 e. The van der Waals surface area contributed by atoms with Gasteiger partial charge in [-0.15, -0.1) is 0 Å². The quantitative estimate of drug-likeness (QED) is 0.798. The second-order valence-electron chi connectivity index (χ2n) is 7.96. The first-order valence-electron chi connectivity index (χ1n) is 9.52. The predicted octanol–water partition coefficient (Wildman–Crippen LogP) is 4.05. The number of hydrogen-bond acceptors (Lipinski definition) is 3. The molecule has 1 aliphatic heterocycles. The molecule has 3 heteroatoms. The van der Waals surface area contributed by atoms with Crippen LogP contribution in [-0.2, 0) is 16.6 Å². The Morgan fingerprint density at radius 2 is 2.00 bits per heavy atom. The van der Waals surface area contributed by atoms with Gasteiger partial charge >= 0.3 is 0 Å². The maximum atomic E-state index is 11.6. The minimum atomic E-state index is 0.0368. The van der Waals surface area contributed by atoms with E-state index < -0.39 is 0 Å². The lowest BCUT2D eigenvalue weighted by atomic mass is 9.68. The van der Waals surface area contributed by atoms with Crippen molar-refractivity contribution in [3.8, 4) is 5.75 Å². The molecule has 3 atom stereocenters. The monoisotopic (exact) mass is 351 g/mol. The van der Waals surface area contributed by atoms with E-state index in [-0.39, 0.29) is 11.3 Å². The summed E-state index contributed by atoms with van der Waals surface area (Å²) in [4.78, 5) is 14.0. The lowest BCUT2D eigenvalue weighted by Crippen LogP contribution is -2.48. The molecule has 1 N–H and O–H groups in total. The first-order valence-corrected chi connectivity index (χ1v) is 9.52. The van der Waals surface area contributed by atoms with Crippen molar-refractivity contribution >= 4 is 6.29 Å². The van der Waals surface area contributed by atoms with Gasteiger partial charge < -0.3 is 14.8 Å². The summed E-state index contributed by atoms with van der Waals surface area (Å²) in [6.45, 7) is 7.36. The van der Waals surface area contributed by atoms with Gasteiger partial charge in [0.2, 0.25) is 0 Å². The number of carbonyl (C=O) groups is 1. The highest BCUT2D eigenvalue weighted by atomic mass is 16.3. The third-order valence-electron chi connectivity index (χ3n) is 6.10. The van der Waals surface area contributed by atoms with Gasteiger partial charge in [0.1, 0.15) is 12.0 Å². The molecular weight excluding hydrogens is 322 g/mol.